The molecule has 1 aromatic carbocycles. The van der Waals surface area contributed by atoms with E-state index in [2.05, 4.69) is 5.32 Å². The first kappa shape index (κ1) is 17.9. The molecule has 0 aliphatic heterocycles. The van der Waals surface area contributed by atoms with Crippen LogP contribution in [0.3, 0.4) is 0 Å². The first-order valence-corrected chi connectivity index (χ1v) is 8.69. The standard InChI is InChI=1S/C14H24N2O4S/c1-2-15-13-4-3-5-14(12-13)21(19,20)11-8-16(6-9-17)7-10-18/h3-5,12,15,17-18H,2,6-11H2,1H3. The number of nitrogens with one attached hydrogen (secondary N) is 1. The van der Waals surface area contributed by atoms with E-state index in [9.17, 15) is 8.42 Å². The Bertz CT molecular complexity index is 513. The lowest BCUT2D eigenvalue weighted by molar-refractivity contribution is 0.167. The van der Waals surface area contributed by atoms with Gasteiger partial charge in [0.05, 0.1) is 23.9 Å². The van der Waals surface area contributed by atoms with E-state index in [1.807, 2.05) is 13.0 Å². The summed E-state index contributed by atoms with van der Waals surface area (Å²) in [4.78, 5) is 2.01. The summed E-state index contributed by atoms with van der Waals surface area (Å²) < 4.78 is 24.6. The van der Waals surface area contributed by atoms with Gasteiger partial charge in [0.15, 0.2) is 9.84 Å². The van der Waals surface area contributed by atoms with Gasteiger partial charge in [-0.1, -0.05) is 6.07 Å². The highest BCUT2D eigenvalue weighted by Gasteiger charge is 2.16. The van der Waals surface area contributed by atoms with Crippen molar-refractivity contribution in [2.75, 3.05) is 50.5 Å². The predicted octanol–water partition coefficient (Wildman–Crippen LogP) is 0.179. The van der Waals surface area contributed by atoms with Crippen molar-refractivity contribution in [2.45, 2.75) is 11.8 Å². The number of anilines is 1. The lowest BCUT2D eigenvalue weighted by Crippen LogP contribution is -2.34. The van der Waals surface area contributed by atoms with Gasteiger partial charge in [-0.3, -0.25) is 4.90 Å². The number of aliphatic hydroxyl groups is 2. The average molecular weight is 316 g/mol. The molecular weight excluding hydrogens is 292 g/mol. The van der Waals surface area contributed by atoms with Gasteiger partial charge in [-0.15, -0.1) is 0 Å². The molecule has 0 bridgehead atoms. The number of rotatable bonds is 10. The first-order valence-electron chi connectivity index (χ1n) is 7.04. The Balaban J connectivity index is 2.74. The second-order valence-corrected chi connectivity index (χ2v) is 6.78. The third-order valence-corrected chi connectivity index (χ3v) is 4.77. The van der Waals surface area contributed by atoms with Gasteiger partial charge < -0.3 is 15.5 Å². The Kier molecular flexibility index (Phi) is 7.66. The van der Waals surface area contributed by atoms with Crippen molar-refractivity contribution in [2.24, 2.45) is 0 Å². The number of benzene rings is 1. The molecule has 0 aliphatic rings. The Morgan fingerprint density at radius 2 is 1.81 bits per heavy atom. The van der Waals surface area contributed by atoms with Crippen LogP contribution in [0.2, 0.25) is 0 Å². The largest absolute Gasteiger partial charge is 0.395 e. The molecule has 6 nitrogen and oxygen atoms in total. The molecule has 7 heteroatoms. The van der Waals surface area contributed by atoms with E-state index in [4.69, 9.17) is 10.2 Å². The fraction of sp³-hybridized carbons (Fsp3) is 0.571. The van der Waals surface area contributed by atoms with Crippen molar-refractivity contribution in [1.82, 2.24) is 4.90 Å². The van der Waals surface area contributed by atoms with Crippen molar-refractivity contribution in [3.05, 3.63) is 24.3 Å². The highest BCUT2D eigenvalue weighted by atomic mass is 32.2. The van der Waals surface area contributed by atoms with Gasteiger partial charge in [0.25, 0.3) is 0 Å². The quantitative estimate of drug-likeness (QED) is 0.570. The first-order chi connectivity index (χ1) is 10.0. The highest BCUT2D eigenvalue weighted by molar-refractivity contribution is 7.91. The van der Waals surface area contributed by atoms with E-state index in [-0.39, 0.29) is 30.4 Å². The second-order valence-electron chi connectivity index (χ2n) is 4.67. The highest BCUT2D eigenvalue weighted by Crippen LogP contribution is 2.16. The Labute approximate surface area is 126 Å². The smallest absolute Gasteiger partial charge is 0.179 e. The van der Waals surface area contributed by atoms with Crippen molar-refractivity contribution < 1.29 is 18.6 Å². The van der Waals surface area contributed by atoms with Crippen LogP contribution in [0.1, 0.15) is 6.92 Å². The molecule has 0 aliphatic carbocycles. The van der Waals surface area contributed by atoms with Gasteiger partial charge >= 0.3 is 0 Å². The van der Waals surface area contributed by atoms with Crippen molar-refractivity contribution >= 4 is 15.5 Å². The van der Waals surface area contributed by atoms with Gasteiger partial charge in [-0.05, 0) is 25.1 Å². The number of sulfone groups is 1. The van der Waals surface area contributed by atoms with Crippen LogP contribution in [-0.2, 0) is 9.84 Å². The van der Waals surface area contributed by atoms with Crippen LogP contribution in [0.4, 0.5) is 5.69 Å². The molecule has 120 valence electrons. The van der Waals surface area contributed by atoms with Gasteiger partial charge in [-0.25, -0.2) is 8.42 Å². The van der Waals surface area contributed by atoms with Crippen LogP contribution in [0.15, 0.2) is 29.2 Å². The summed E-state index contributed by atoms with van der Waals surface area (Å²) in [5.74, 6) is -0.0391. The molecule has 0 heterocycles. The summed E-state index contributed by atoms with van der Waals surface area (Å²) in [7, 11) is -3.38. The molecule has 1 rings (SSSR count). The maximum atomic E-state index is 12.3. The van der Waals surface area contributed by atoms with Crippen LogP contribution >= 0.6 is 0 Å². The molecule has 0 radical (unpaired) electrons. The monoisotopic (exact) mass is 316 g/mol. The zero-order chi connectivity index (χ0) is 15.7. The minimum atomic E-state index is -3.38. The van der Waals surface area contributed by atoms with Gasteiger partial charge in [0.2, 0.25) is 0 Å². The van der Waals surface area contributed by atoms with E-state index in [0.29, 0.717) is 13.1 Å². The molecule has 0 saturated heterocycles. The van der Waals surface area contributed by atoms with E-state index in [1.54, 1.807) is 23.1 Å². The Morgan fingerprint density at radius 1 is 1.14 bits per heavy atom. The average Bonchev–Trinajstić information content (AvgIpc) is 2.46. The molecule has 0 saturated carbocycles. The molecule has 0 amide bonds. The van der Waals surface area contributed by atoms with Crippen molar-refractivity contribution in [3.63, 3.8) is 0 Å². The number of aliphatic hydroxyl groups excluding tert-OH is 2. The van der Waals surface area contributed by atoms with Crippen LogP contribution in [0.5, 0.6) is 0 Å². The summed E-state index contributed by atoms with van der Waals surface area (Å²) in [5.41, 5.74) is 0.779. The summed E-state index contributed by atoms with van der Waals surface area (Å²) in [6, 6.07) is 6.75. The molecule has 0 spiro atoms. The number of hydrogen-bond acceptors (Lipinski definition) is 6. The molecular formula is C14H24N2O4S. The summed E-state index contributed by atoms with van der Waals surface area (Å²) >= 11 is 0. The third kappa shape index (κ3) is 6.01. The minimum absolute atomic E-state index is 0.0391. The SMILES string of the molecule is CCNc1cccc(S(=O)(=O)CCN(CCO)CCO)c1. The minimum Gasteiger partial charge on any atom is -0.395 e. The molecule has 0 fully saturated rings. The zero-order valence-corrected chi connectivity index (χ0v) is 13.1. The number of nitrogens with zero attached hydrogens (tertiary/aromatic N) is 1. The summed E-state index contributed by atoms with van der Waals surface area (Å²) in [6.07, 6.45) is 0. The van der Waals surface area contributed by atoms with Crippen LogP contribution < -0.4 is 5.32 Å². The Hall–Kier alpha value is -1.15. The van der Waals surface area contributed by atoms with Gasteiger partial charge in [0.1, 0.15) is 0 Å². The van der Waals surface area contributed by atoms with E-state index in [1.165, 1.54) is 0 Å². The van der Waals surface area contributed by atoms with E-state index >= 15 is 0 Å². The summed E-state index contributed by atoms with van der Waals surface area (Å²) in [5, 5.41) is 20.9. The maximum Gasteiger partial charge on any atom is 0.179 e. The van der Waals surface area contributed by atoms with Crippen LogP contribution in [-0.4, -0.2) is 68.7 Å². The van der Waals surface area contributed by atoms with E-state index < -0.39 is 9.84 Å². The van der Waals surface area contributed by atoms with Gasteiger partial charge in [-0.2, -0.15) is 0 Å². The molecule has 3 N–H and O–H groups in total. The maximum absolute atomic E-state index is 12.3. The zero-order valence-electron chi connectivity index (χ0n) is 12.3. The molecule has 21 heavy (non-hydrogen) atoms. The lowest BCUT2D eigenvalue weighted by atomic mass is 10.3. The molecule has 1 aromatic rings. The van der Waals surface area contributed by atoms with E-state index in [0.717, 1.165) is 12.2 Å². The third-order valence-electron chi connectivity index (χ3n) is 3.08. The predicted molar refractivity (Wildman–Crippen MR) is 83.3 cm³/mol. The molecule has 0 unspecified atom stereocenters. The molecule has 0 aromatic heterocycles. The molecule has 0 atom stereocenters. The van der Waals surface area contributed by atoms with Crippen LogP contribution in [0.25, 0.3) is 0 Å². The fourth-order valence-electron chi connectivity index (χ4n) is 1.99. The lowest BCUT2D eigenvalue weighted by Gasteiger charge is -2.19. The second kappa shape index (κ2) is 8.99. The Morgan fingerprint density at radius 3 is 2.38 bits per heavy atom. The van der Waals surface area contributed by atoms with Crippen molar-refractivity contribution in [1.29, 1.82) is 0 Å². The topological polar surface area (TPSA) is 89.9 Å². The van der Waals surface area contributed by atoms with Gasteiger partial charge in [0, 0.05) is 31.9 Å². The van der Waals surface area contributed by atoms with Crippen LogP contribution in [0, 0.1) is 0 Å². The number of hydrogen-bond donors (Lipinski definition) is 3. The normalized spacial score (nSPS) is 11.8. The summed E-state index contributed by atoms with van der Waals surface area (Å²) in [6.45, 7) is 3.55. The van der Waals surface area contributed by atoms with Crippen molar-refractivity contribution in [3.8, 4) is 0 Å². The fourth-order valence-corrected chi connectivity index (χ4v) is 3.32.